The fraction of sp³-hybridized carbons (Fsp3) is 0.154. The van der Waals surface area contributed by atoms with Crippen LogP contribution >= 0.6 is 11.6 Å². The largest absolute Gasteiger partial charge is 0.431 e. The van der Waals surface area contributed by atoms with E-state index in [2.05, 4.69) is 0 Å². The lowest BCUT2D eigenvalue weighted by Crippen LogP contribution is -2.40. The highest BCUT2D eigenvalue weighted by atomic mass is 35.5. The van der Waals surface area contributed by atoms with Crippen LogP contribution in [-0.2, 0) is 13.2 Å². The Labute approximate surface area is 130 Å². The van der Waals surface area contributed by atoms with E-state index in [1.54, 1.807) is 0 Å². The van der Waals surface area contributed by atoms with Crippen molar-refractivity contribution in [3.63, 3.8) is 0 Å². The normalized spacial score (nSPS) is 11.6. The Morgan fingerprint density at radius 2 is 1.78 bits per heavy atom. The van der Waals surface area contributed by atoms with Crippen molar-refractivity contribution in [2.75, 3.05) is 0 Å². The van der Waals surface area contributed by atoms with Gasteiger partial charge in [0.2, 0.25) is 0 Å². The third-order valence-corrected chi connectivity index (χ3v) is 3.23. The van der Waals surface area contributed by atoms with Gasteiger partial charge in [0.1, 0.15) is 11.5 Å². The lowest BCUT2D eigenvalue weighted by Gasteiger charge is -2.14. The standard InChI is InChI=1S/C13H7ClF4N2O3/c1-19-9(13(16,17)18)5-10(21)20(12(19)23)6-2-3-8(15)7(4-6)11(14)22/h2-5H,1H3. The van der Waals surface area contributed by atoms with Crippen molar-refractivity contribution in [2.45, 2.75) is 6.18 Å². The Kier molecular flexibility index (Phi) is 4.16. The van der Waals surface area contributed by atoms with Crippen molar-refractivity contribution in [1.29, 1.82) is 0 Å². The average Bonchev–Trinajstić information content (AvgIpc) is 2.43. The van der Waals surface area contributed by atoms with Gasteiger partial charge in [-0.15, -0.1) is 0 Å². The monoisotopic (exact) mass is 350 g/mol. The maximum absolute atomic E-state index is 13.4. The number of hydrogen-bond donors (Lipinski definition) is 0. The summed E-state index contributed by atoms with van der Waals surface area (Å²) in [5, 5.41) is -1.18. The minimum absolute atomic E-state index is 0.229. The highest BCUT2D eigenvalue weighted by Crippen LogP contribution is 2.27. The number of benzene rings is 1. The van der Waals surface area contributed by atoms with E-state index in [1.165, 1.54) is 0 Å². The smallest absolute Gasteiger partial charge is 0.292 e. The molecule has 0 saturated carbocycles. The zero-order chi connectivity index (χ0) is 17.5. The first-order chi connectivity index (χ1) is 10.5. The highest BCUT2D eigenvalue weighted by molar-refractivity contribution is 6.67. The van der Waals surface area contributed by atoms with Gasteiger partial charge in [-0.3, -0.25) is 14.2 Å². The number of hydrogen-bond acceptors (Lipinski definition) is 3. The van der Waals surface area contributed by atoms with Crippen LogP contribution in [-0.4, -0.2) is 14.4 Å². The molecule has 0 aliphatic heterocycles. The van der Waals surface area contributed by atoms with Crippen molar-refractivity contribution in [3.05, 3.63) is 62.2 Å². The van der Waals surface area contributed by atoms with Crippen LogP contribution in [0.15, 0.2) is 33.9 Å². The Hall–Kier alpha value is -2.42. The SMILES string of the molecule is Cn1c(C(F)(F)F)cc(=O)n(-c2ccc(F)c(C(=O)Cl)c2)c1=O. The fourth-order valence-corrected chi connectivity index (χ4v) is 2.08. The quantitative estimate of drug-likeness (QED) is 0.615. The van der Waals surface area contributed by atoms with Crippen LogP contribution in [0.1, 0.15) is 16.1 Å². The first-order valence-corrected chi connectivity index (χ1v) is 6.32. The fourth-order valence-electron chi connectivity index (χ4n) is 1.94. The van der Waals surface area contributed by atoms with E-state index in [-0.39, 0.29) is 16.3 Å². The Morgan fingerprint density at radius 1 is 1.17 bits per heavy atom. The van der Waals surface area contributed by atoms with Gasteiger partial charge in [-0.1, -0.05) is 0 Å². The third-order valence-electron chi connectivity index (χ3n) is 3.03. The number of carbonyl (C=O) groups is 1. The van der Waals surface area contributed by atoms with Crippen LogP contribution in [0.3, 0.4) is 0 Å². The lowest BCUT2D eigenvalue weighted by atomic mass is 10.2. The minimum Gasteiger partial charge on any atom is -0.292 e. The molecular formula is C13H7ClF4N2O3. The molecule has 0 aliphatic rings. The van der Waals surface area contributed by atoms with Gasteiger partial charge < -0.3 is 0 Å². The first kappa shape index (κ1) is 16.9. The van der Waals surface area contributed by atoms with E-state index in [0.29, 0.717) is 4.57 Å². The second-order valence-corrected chi connectivity index (χ2v) is 4.82. The second kappa shape index (κ2) is 5.65. The van der Waals surface area contributed by atoms with E-state index >= 15 is 0 Å². The van der Waals surface area contributed by atoms with Gasteiger partial charge in [-0.05, 0) is 29.8 Å². The van der Waals surface area contributed by atoms with Gasteiger partial charge in [-0.2, -0.15) is 13.2 Å². The molecule has 0 radical (unpaired) electrons. The Bertz CT molecular complexity index is 915. The predicted molar refractivity (Wildman–Crippen MR) is 72.4 cm³/mol. The van der Waals surface area contributed by atoms with Gasteiger partial charge in [0.15, 0.2) is 0 Å². The maximum atomic E-state index is 13.4. The van der Waals surface area contributed by atoms with Gasteiger partial charge in [0.25, 0.3) is 10.8 Å². The number of halogens is 5. The minimum atomic E-state index is -4.90. The first-order valence-electron chi connectivity index (χ1n) is 5.94. The van der Waals surface area contributed by atoms with E-state index in [1.807, 2.05) is 0 Å². The molecule has 1 heterocycles. The van der Waals surface area contributed by atoms with E-state index in [4.69, 9.17) is 11.6 Å². The van der Waals surface area contributed by atoms with Crippen molar-refractivity contribution >= 4 is 16.8 Å². The molecule has 10 heteroatoms. The molecule has 1 aromatic heterocycles. The average molecular weight is 351 g/mol. The Morgan fingerprint density at radius 3 is 2.30 bits per heavy atom. The summed E-state index contributed by atoms with van der Waals surface area (Å²) in [5.74, 6) is -0.995. The predicted octanol–water partition coefficient (Wildman–Crippen LogP) is 2.07. The number of carbonyl (C=O) groups excluding carboxylic acids is 1. The summed E-state index contributed by atoms with van der Waals surface area (Å²) in [5.41, 5.74) is -4.91. The number of nitrogens with zero attached hydrogens (tertiary/aromatic N) is 2. The van der Waals surface area contributed by atoms with E-state index < -0.39 is 39.7 Å². The molecule has 2 rings (SSSR count). The summed E-state index contributed by atoms with van der Waals surface area (Å²) < 4.78 is 52.3. The summed E-state index contributed by atoms with van der Waals surface area (Å²) in [6.07, 6.45) is -4.90. The number of alkyl halides is 3. The van der Waals surface area contributed by atoms with Gasteiger partial charge in [0.05, 0.1) is 11.3 Å². The number of rotatable bonds is 2. The molecule has 0 unspecified atom stereocenters. The molecule has 0 aliphatic carbocycles. The van der Waals surface area contributed by atoms with Crippen LogP contribution in [0.2, 0.25) is 0 Å². The third kappa shape index (κ3) is 3.04. The zero-order valence-corrected chi connectivity index (χ0v) is 12.1. The summed E-state index contributed by atoms with van der Waals surface area (Å²) in [6.45, 7) is 0. The molecule has 0 bridgehead atoms. The molecular weight excluding hydrogens is 344 g/mol. The topological polar surface area (TPSA) is 61.1 Å². The molecule has 23 heavy (non-hydrogen) atoms. The molecule has 0 saturated heterocycles. The van der Waals surface area contributed by atoms with Crippen molar-refractivity contribution in [1.82, 2.24) is 9.13 Å². The van der Waals surface area contributed by atoms with E-state index in [9.17, 15) is 31.9 Å². The molecule has 0 amide bonds. The summed E-state index contributed by atoms with van der Waals surface area (Å²) in [7, 11) is 0.832. The molecule has 0 fully saturated rings. The van der Waals surface area contributed by atoms with E-state index in [0.717, 1.165) is 25.2 Å². The van der Waals surface area contributed by atoms with Crippen molar-refractivity contribution < 1.29 is 22.4 Å². The summed E-state index contributed by atoms with van der Waals surface area (Å²) in [4.78, 5) is 35.0. The maximum Gasteiger partial charge on any atom is 0.431 e. The highest BCUT2D eigenvalue weighted by Gasteiger charge is 2.35. The molecule has 0 spiro atoms. The zero-order valence-electron chi connectivity index (χ0n) is 11.3. The second-order valence-electron chi connectivity index (χ2n) is 4.48. The van der Waals surface area contributed by atoms with Crippen LogP contribution in [0.4, 0.5) is 17.6 Å². The molecule has 0 atom stereocenters. The van der Waals surface area contributed by atoms with Crippen LogP contribution in [0.5, 0.6) is 0 Å². The lowest BCUT2D eigenvalue weighted by molar-refractivity contribution is -0.144. The molecule has 0 N–H and O–H groups in total. The van der Waals surface area contributed by atoms with Gasteiger partial charge in [0, 0.05) is 13.1 Å². The summed E-state index contributed by atoms with van der Waals surface area (Å²) >= 11 is 5.17. The molecule has 2 aromatic rings. The molecule has 1 aromatic carbocycles. The van der Waals surface area contributed by atoms with Gasteiger partial charge in [-0.25, -0.2) is 13.8 Å². The van der Waals surface area contributed by atoms with Crippen LogP contribution < -0.4 is 11.2 Å². The summed E-state index contributed by atoms with van der Waals surface area (Å²) in [6, 6.07) is 2.77. The van der Waals surface area contributed by atoms with Crippen molar-refractivity contribution in [3.8, 4) is 5.69 Å². The van der Waals surface area contributed by atoms with Crippen LogP contribution in [0.25, 0.3) is 5.69 Å². The molecule has 5 nitrogen and oxygen atoms in total. The van der Waals surface area contributed by atoms with Crippen LogP contribution in [0, 0.1) is 5.82 Å². The van der Waals surface area contributed by atoms with Crippen molar-refractivity contribution in [2.24, 2.45) is 7.05 Å². The molecule has 122 valence electrons. The van der Waals surface area contributed by atoms with Gasteiger partial charge >= 0.3 is 11.9 Å². The Balaban J connectivity index is 2.79. The number of aromatic nitrogens is 2.